The van der Waals surface area contributed by atoms with Crippen molar-refractivity contribution in [1.82, 2.24) is 0 Å². The van der Waals surface area contributed by atoms with Crippen LogP contribution in [-0.2, 0) is 10.9 Å². The van der Waals surface area contributed by atoms with Gasteiger partial charge in [-0.2, -0.15) is 0 Å². The van der Waals surface area contributed by atoms with Gasteiger partial charge in [0.1, 0.15) is 10.5 Å². The van der Waals surface area contributed by atoms with E-state index in [1.54, 1.807) is 4.90 Å². The standard InChI is InChI=1S/C17H21S/c1-12-8-11-17(16-7-5-4-6-15(12)16)18-13(2)9-10-14(18)3/h4-8,11,13-14H,9-10H2,1-3H3/q+1. The molecule has 2 aromatic carbocycles. The van der Waals surface area contributed by atoms with Crippen LogP contribution in [0, 0.1) is 6.92 Å². The molecular formula is C17H21S+. The van der Waals surface area contributed by atoms with Crippen LogP contribution in [0.5, 0.6) is 0 Å². The van der Waals surface area contributed by atoms with Gasteiger partial charge in [-0.25, -0.2) is 0 Å². The third-order valence-electron chi connectivity index (χ3n) is 4.20. The molecule has 1 aliphatic heterocycles. The molecule has 2 aromatic rings. The van der Waals surface area contributed by atoms with Gasteiger partial charge in [0.2, 0.25) is 0 Å². The van der Waals surface area contributed by atoms with E-state index in [0.717, 1.165) is 10.5 Å². The van der Waals surface area contributed by atoms with Crippen molar-refractivity contribution >= 4 is 21.7 Å². The van der Waals surface area contributed by atoms with Gasteiger partial charge in [-0.05, 0) is 56.7 Å². The fourth-order valence-electron chi connectivity index (χ4n) is 3.18. The quantitative estimate of drug-likeness (QED) is 0.650. The minimum atomic E-state index is 0.437. The van der Waals surface area contributed by atoms with Crippen LogP contribution in [0.4, 0.5) is 0 Å². The van der Waals surface area contributed by atoms with Crippen molar-refractivity contribution in [2.24, 2.45) is 0 Å². The average molecular weight is 257 g/mol. The number of aryl methyl sites for hydroxylation is 1. The highest BCUT2D eigenvalue weighted by atomic mass is 32.2. The van der Waals surface area contributed by atoms with Crippen LogP contribution in [0.3, 0.4) is 0 Å². The third kappa shape index (κ3) is 1.85. The third-order valence-corrected chi connectivity index (χ3v) is 7.27. The summed E-state index contributed by atoms with van der Waals surface area (Å²) in [5.74, 6) is 0. The van der Waals surface area contributed by atoms with Crippen LogP contribution in [0.25, 0.3) is 10.8 Å². The van der Waals surface area contributed by atoms with Crippen molar-refractivity contribution in [3.05, 3.63) is 42.0 Å². The van der Waals surface area contributed by atoms with E-state index in [-0.39, 0.29) is 0 Å². The number of benzene rings is 2. The van der Waals surface area contributed by atoms with Crippen molar-refractivity contribution in [2.45, 2.75) is 49.0 Å². The fourth-order valence-corrected chi connectivity index (χ4v) is 6.28. The summed E-state index contributed by atoms with van der Waals surface area (Å²) in [5.41, 5.74) is 1.40. The molecule has 2 unspecified atom stereocenters. The van der Waals surface area contributed by atoms with E-state index < -0.39 is 0 Å². The van der Waals surface area contributed by atoms with Gasteiger partial charge in [-0.1, -0.05) is 24.3 Å². The highest BCUT2D eigenvalue weighted by Gasteiger charge is 2.42. The minimum absolute atomic E-state index is 0.437. The molecule has 1 fully saturated rings. The van der Waals surface area contributed by atoms with Crippen LogP contribution in [0.2, 0.25) is 0 Å². The van der Waals surface area contributed by atoms with Gasteiger partial charge in [-0.15, -0.1) is 0 Å². The normalized spacial score (nSPS) is 27.8. The highest BCUT2D eigenvalue weighted by molar-refractivity contribution is 7.98. The summed E-state index contributed by atoms with van der Waals surface area (Å²) < 4.78 is 0. The minimum Gasteiger partial charge on any atom is -0.0616 e. The monoisotopic (exact) mass is 257 g/mol. The molecule has 0 aromatic heterocycles. The molecule has 1 heteroatoms. The second-order valence-corrected chi connectivity index (χ2v) is 8.29. The molecule has 18 heavy (non-hydrogen) atoms. The first-order valence-electron chi connectivity index (χ1n) is 6.88. The molecule has 0 saturated carbocycles. The van der Waals surface area contributed by atoms with Crippen LogP contribution in [0.1, 0.15) is 32.3 Å². The zero-order valence-corrected chi connectivity index (χ0v) is 12.3. The molecule has 3 rings (SSSR count). The van der Waals surface area contributed by atoms with Gasteiger partial charge in [0.15, 0.2) is 4.90 Å². The molecule has 0 aliphatic carbocycles. The fraction of sp³-hybridized carbons (Fsp3) is 0.412. The Morgan fingerprint density at radius 2 is 1.50 bits per heavy atom. The maximum Gasteiger partial charge on any atom is 0.163 e. The van der Waals surface area contributed by atoms with Gasteiger partial charge in [0, 0.05) is 16.3 Å². The van der Waals surface area contributed by atoms with Crippen LogP contribution < -0.4 is 0 Å². The Bertz CT molecular complexity index is 563. The largest absolute Gasteiger partial charge is 0.163 e. The molecule has 0 nitrogen and oxygen atoms in total. The number of rotatable bonds is 1. The summed E-state index contributed by atoms with van der Waals surface area (Å²) in [7, 11) is 0.437. The van der Waals surface area contributed by atoms with Crippen molar-refractivity contribution in [3.8, 4) is 0 Å². The van der Waals surface area contributed by atoms with E-state index in [1.807, 2.05) is 0 Å². The molecule has 0 radical (unpaired) electrons. The maximum atomic E-state index is 2.43. The van der Waals surface area contributed by atoms with E-state index >= 15 is 0 Å². The Hall–Kier alpha value is -0.950. The lowest BCUT2D eigenvalue weighted by atomic mass is 10.1. The summed E-state index contributed by atoms with van der Waals surface area (Å²) in [6, 6.07) is 13.6. The van der Waals surface area contributed by atoms with Gasteiger partial charge in [-0.3, -0.25) is 0 Å². The number of hydrogen-bond donors (Lipinski definition) is 0. The van der Waals surface area contributed by atoms with Gasteiger partial charge >= 0.3 is 0 Å². The molecule has 1 saturated heterocycles. The lowest BCUT2D eigenvalue weighted by Gasteiger charge is -2.14. The zero-order valence-electron chi connectivity index (χ0n) is 11.4. The van der Waals surface area contributed by atoms with E-state index in [4.69, 9.17) is 0 Å². The van der Waals surface area contributed by atoms with E-state index in [1.165, 1.54) is 29.2 Å². The Balaban J connectivity index is 2.21. The second kappa shape index (κ2) is 4.62. The molecular weight excluding hydrogens is 236 g/mol. The smallest absolute Gasteiger partial charge is 0.0616 e. The van der Waals surface area contributed by atoms with Crippen LogP contribution >= 0.6 is 0 Å². The Kier molecular flexibility index (Phi) is 3.11. The highest BCUT2D eigenvalue weighted by Crippen LogP contribution is 2.38. The average Bonchev–Trinajstić information content (AvgIpc) is 2.71. The Morgan fingerprint density at radius 1 is 0.889 bits per heavy atom. The lowest BCUT2D eigenvalue weighted by molar-refractivity contribution is 0.777. The first kappa shape index (κ1) is 12.1. The number of fused-ring (bicyclic) bond motifs is 1. The summed E-state index contributed by atoms with van der Waals surface area (Å²) >= 11 is 0. The van der Waals surface area contributed by atoms with Gasteiger partial charge in [0.05, 0.1) is 0 Å². The van der Waals surface area contributed by atoms with E-state index in [9.17, 15) is 0 Å². The zero-order chi connectivity index (χ0) is 12.7. The molecule has 0 amide bonds. The lowest BCUT2D eigenvalue weighted by Crippen LogP contribution is -2.19. The molecule has 0 bridgehead atoms. The van der Waals surface area contributed by atoms with E-state index in [2.05, 4.69) is 57.2 Å². The number of hydrogen-bond acceptors (Lipinski definition) is 0. The van der Waals surface area contributed by atoms with Crippen LogP contribution in [-0.4, -0.2) is 10.5 Å². The van der Waals surface area contributed by atoms with Crippen molar-refractivity contribution in [3.63, 3.8) is 0 Å². The first-order chi connectivity index (χ1) is 8.68. The van der Waals surface area contributed by atoms with Crippen molar-refractivity contribution in [2.75, 3.05) is 0 Å². The molecule has 0 spiro atoms. The summed E-state index contributed by atoms with van der Waals surface area (Å²) in [4.78, 5) is 1.61. The molecule has 1 heterocycles. The van der Waals surface area contributed by atoms with Gasteiger partial charge < -0.3 is 0 Å². The van der Waals surface area contributed by atoms with Gasteiger partial charge in [0.25, 0.3) is 0 Å². The molecule has 94 valence electrons. The molecule has 1 aliphatic rings. The predicted molar refractivity (Wildman–Crippen MR) is 82.5 cm³/mol. The Morgan fingerprint density at radius 3 is 2.17 bits per heavy atom. The van der Waals surface area contributed by atoms with Crippen LogP contribution in [0.15, 0.2) is 41.3 Å². The Labute approximate surface area is 113 Å². The first-order valence-corrected chi connectivity index (χ1v) is 8.24. The second-order valence-electron chi connectivity index (χ2n) is 5.50. The predicted octanol–water partition coefficient (Wildman–Crippen LogP) is 4.70. The van der Waals surface area contributed by atoms with Crippen molar-refractivity contribution < 1.29 is 0 Å². The maximum absolute atomic E-state index is 2.43. The molecule has 0 N–H and O–H groups in total. The summed E-state index contributed by atoms with van der Waals surface area (Å²) in [6.45, 7) is 7.08. The topological polar surface area (TPSA) is 0 Å². The SMILES string of the molecule is Cc1ccc([S+]2C(C)CCC2C)c2ccccc12. The summed E-state index contributed by atoms with van der Waals surface area (Å²) in [6.07, 6.45) is 2.79. The van der Waals surface area contributed by atoms with E-state index in [0.29, 0.717) is 10.9 Å². The summed E-state index contributed by atoms with van der Waals surface area (Å²) in [5, 5.41) is 4.63. The van der Waals surface area contributed by atoms with Crippen molar-refractivity contribution in [1.29, 1.82) is 0 Å². The molecule has 2 atom stereocenters.